The third-order valence-electron chi connectivity index (χ3n) is 1.46. The first-order valence-corrected chi connectivity index (χ1v) is 4.86. The minimum Gasteiger partial charge on any atom is -0.487 e. The smallest absolute Gasteiger partial charge is 0.152 e. The molecule has 1 aromatic rings. The molecule has 0 aliphatic heterocycles. The zero-order valence-corrected chi connectivity index (χ0v) is 9.34. The van der Waals surface area contributed by atoms with Gasteiger partial charge in [-0.1, -0.05) is 5.57 Å². The Morgan fingerprint density at radius 3 is 3.00 bits per heavy atom. The fraction of sp³-hybridized carbons (Fsp3) is 0.300. The molecule has 0 amide bonds. The predicted octanol–water partition coefficient (Wildman–Crippen LogP) is 3.19. The maximum Gasteiger partial charge on any atom is 0.152 e. The molecule has 0 radical (unpaired) electrons. The highest BCUT2D eigenvalue weighted by atomic mass is 79.9. The van der Waals surface area contributed by atoms with Crippen LogP contribution < -0.4 is 4.74 Å². The van der Waals surface area contributed by atoms with Crippen molar-refractivity contribution >= 4 is 15.9 Å². The van der Waals surface area contributed by atoms with Crippen molar-refractivity contribution in [3.63, 3.8) is 0 Å². The summed E-state index contributed by atoms with van der Waals surface area (Å²) in [5, 5.41) is 0. The molecule has 0 spiro atoms. The number of hydrogen-bond donors (Lipinski definition) is 0. The van der Waals surface area contributed by atoms with Crippen molar-refractivity contribution in [2.24, 2.45) is 0 Å². The van der Waals surface area contributed by atoms with Gasteiger partial charge in [0.1, 0.15) is 11.2 Å². The number of nitrogens with zero attached hydrogens (tertiary/aromatic N) is 1. The van der Waals surface area contributed by atoms with Gasteiger partial charge >= 0.3 is 0 Å². The van der Waals surface area contributed by atoms with Gasteiger partial charge in [-0.15, -0.1) is 0 Å². The van der Waals surface area contributed by atoms with Crippen molar-refractivity contribution < 1.29 is 4.74 Å². The highest BCUT2D eigenvalue weighted by Gasteiger charge is 1.97. The van der Waals surface area contributed by atoms with Crippen molar-refractivity contribution in [1.82, 2.24) is 4.98 Å². The van der Waals surface area contributed by atoms with Crippen LogP contribution in [0.4, 0.5) is 0 Å². The van der Waals surface area contributed by atoms with Crippen molar-refractivity contribution in [1.29, 1.82) is 0 Å². The summed E-state index contributed by atoms with van der Waals surface area (Å²) >= 11 is 3.31. The van der Waals surface area contributed by atoms with E-state index in [0.29, 0.717) is 6.61 Å². The lowest BCUT2D eigenvalue weighted by Gasteiger charge is -2.04. The van der Waals surface area contributed by atoms with Crippen LogP contribution in [0.25, 0.3) is 0 Å². The molecule has 0 fully saturated rings. The molecule has 1 aromatic heterocycles. The number of aromatic nitrogens is 1. The minimum absolute atomic E-state index is 0.590. The van der Waals surface area contributed by atoms with Crippen LogP contribution >= 0.6 is 15.9 Å². The first kappa shape index (κ1) is 10.3. The maximum absolute atomic E-state index is 5.46. The average Bonchev–Trinajstić information content (AvgIpc) is 2.08. The number of rotatable bonds is 3. The number of allylic oxidation sites excluding steroid dienone is 1. The summed E-state index contributed by atoms with van der Waals surface area (Å²) in [5.41, 5.74) is 1.25. The molecule has 0 saturated heterocycles. The fourth-order valence-corrected chi connectivity index (χ4v) is 1.14. The molecule has 0 bridgehead atoms. The van der Waals surface area contributed by atoms with Gasteiger partial charge in [0.25, 0.3) is 0 Å². The lowest BCUT2D eigenvalue weighted by Crippen LogP contribution is -1.95. The lowest BCUT2D eigenvalue weighted by molar-refractivity contribution is 0.358. The molecule has 0 N–H and O–H groups in total. The zero-order valence-electron chi connectivity index (χ0n) is 7.75. The molecule has 1 heterocycles. The topological polar surface area (TPSA) is 22.1 Å². The highest BCUT2D eigenvalue weighted by molar-refractivity contribution is 9.10. The molecule has 70 valence electrons. The maximum atomic E-state index is 5.46. The van der Waals surface area contributed by atoms with Gasteiger partial charge in [0, 0.05) is 6.20 Å². The molecule has 0 aromatic carbocycles. The number of halogens is 1. The fourth-order valence-electron chi connectivity index (χ4n) is 0.777. The molecule has 0 unspecified atom stereocenters. The van der Waals surface area contributed by atoms with Crippen LogP contribution in [0, 0.1) is 0 Å². The van der Waals surface area contributed by atoms with Crippen molar-refractivity contribution in [2.75, 3.05) is 6.61 Å². The van der Waals surface area contributed by atoms with Gasteiger partial charge in [-0.2, -0.15) is 0 Å². The summed E-state index contributed by atoms with van der Waals surface area (Å²) in [6.45, 7) is 4.68. The largest absolute Gasteiger partial charge is 0.487 e. The van der Waals surface area contributed by atoms with Gasteiger partial charge in [-0.25, -0.2) is 4.98 Å². The van der Waals surface area contributed by atoms with Gasteiger partial charge in [0.2, 0.25) is 0 Å². The minimum atomic E-state index is 0.590. The summed E-state index contributed by atoms with van der Waals surface area (Å²) in [6.07, 6.45) is 3.75. The number of pyridine rings is 1. The number of hydrogen-bond acceptors (Lipinski definition) is 2. The lowest BCUT2D eigenvalue weighted by atomic mass is 10.3. The summed E-state index contributed by atoms with van der Waals surface area (Å²) in [5.74, 6) is 0.778. The van der Waals surface area contributed by atoms with Gasteiger partial charge in [0.05, 0.1) is 0 Å². The predicted molar refractivity (Wildman–Crippen MR) is 56.9 cm³/mol. The van der Waals surface area contributed by atoms with Gasteiger partial charge in [-0.3, -0.25) is 0 Å². The molecule has 2 nitrogen and oxygen atoms in total. The van der Waals surface area contributed by atoms with Crippen LogP contribution in [0.3, 0.4) is 0 Å². The average molecular weight is 242 g/mol. The van der Waals surface area contributed by atoms with Crippen LogP contribution in [0.1, 0.15) is 13.8 Å². The van der Waals surface area contributed by atoms with E-state index in [0.717, 1.165) is 10.4 Å². The normalized spacial score (nSPS) is 9.46. The molecule has 1 rings (SSSR count). The third kappa shape index (κ3) is 3.59. The molecule has 13 heavy (non-hydrogen) atoms. The zero-order chi connectivity index (χ0) is 9.68. The Morgan fingerprint density at radius 2 is 2.38 bits per heavy atom. The Balaban J connectivity index is 2.55. The Labute approximate surface area is 86.8 Å². The van der Waals surface area contributed by atoms with E-state index in [4.69, 9.17) is 4.74 Å². The molecule has 0 atom stereocenters. The van der Waals surface area contributed by atoms with E-state index < -0.39 is 0 Å². The second-order valence-corrected chi connectivity index (χ2v) is 3.64. The van der Waals surface area contributed by atoms with E-state index in [9.17, 15) is 0 Å². The summed E-state index contributed by atoms with van der Waals surface area (Å²) in [7, 11) is 0. The number of ether oxygens (including phenoxy) is 1. The third-order valence-corrected chi connectivity index (χ3v) is 2.05. The summed E-state index contributed by atoms with van der Waals surface area (Å²) in [4.78, 5) is 4.05. The van der Waals surface area contributed by atoms with Crippen molar-refractivity contribution in [2.45, 2.75) is 13.8 Å². The summed E-state index contributed by atoms with van der Waals surface area (Å²) in [6, 6.07) is 3.73. The van der Waals surface area contributed by atoms with Crippen LogP contribution in [0.5, 0.6) is 5.75 Å². The van der Waals surface area contributed by atoms with Crippen LogP contribution in [-0.4, -0.2) is 11.6 Å². The van der Waals surface area contributed by atoms with Crippen molar-refractivity contribution in [3.8, 4) is 5.75 Å². The van der Waals surface area contributed by atoms with Crippen LogP contribution in [0.2, 0.25) is 0 Å². The Kier molecular flexibility index (Phi) is 3.96. The van der Waals surface area contributed by atoms with E-state index in [1.165, 1.54) is 5.57 Å². The SMILES string of the molecule is CC(C)=CCOc1cccnc1Br. The van der Waals surface area contributed by atoms with Gasteiger partial charge < -0.3 is 4.74 Å². The van der Waals surface area contributed by atoms with E-state index in [2.05, 4.69) is 20.9 Å². The Hall–Kier alpha value is -0.830. The molecular formula is C10H12BrNO. The second kappa shape index (κ2) is 5.02. The molecule has 0 aliphatic carbocycles. The van der Waals surface area contributed by atoms with Gasteiger partial charge in [-0.05, 0) is 48.0 Å². The van der Waals surface area contributed by atoms with E-state index in [-0.39, 0.29) is 0 Å². The Bertz CT molecular complexity index is 306. The first-order valence-electron chi connectivity index (χ1n) is 4.07. The quantitative estimate of drug-likeness (QED) is 0.599. The van der Waals surface area contributed by atoms with E-state index in [1.807, 2.05) is 32.1 Å². The van der Waals surface area contributed by atoms with E-state index >= 15 is 0 Å². The van der Waals surface area contributed by atoms with Gasteiger partial charge in [0.15, 0.2) is 5.75 Å². The van der Waals surface area contributed by atoms with E-state index in [1.54, 1.807) is 6.20 Å². The first-order chi connectivity index (χ1) is 6.20. The second-order valence-electron chi connectivity index (χ2n) is 2.88. The molecule has 0 saturated carbocycles. The summed E-state index contributed by atoms with van der Waals surface area (Å²) < 4.78 is 6.21. The Morgan fingerprint density at radius 1 is 1.62 bits per heavy atom. The standard InChI is InChI=1S/C10H12BrNO/c1-8(2)5-7-13-9-4-3-6-12-10(9)11/h3-6H,7H2,1-2H3. The molecule has 0 aliphatic rings. The highest BCUT2D eigenvalue weighted by Crippen LogP contribution is 2.20. The monoisotopic (exact) mass is 241 g/mol. The van der Waals surface area contributed by atoms with Crippen LogP contribution in [-0.2, 0) is 0 Å². The van der Waals surface area contributed by atoms with Crippen molar-refractivity contribution in [3.05, 3.63) is 34.6 Å². The molecular weight excluding hydrogens is 230 g/mol. The van der Waals surface area contributed by atoms with Crippen LogP contribution in [0.15, 0.2) is 34.6 Å². The molecule has 3 heteroatoms.